The Kier molecular flexibility index (Phi) is 4.83. The molecule has 1 saturated heterocycles. The first kappa shape index (κ1) is 15.4. The Morgan fingerprint density at radius 2 is 1.74 bits per heavy atom. The summed E-state index contributed by atoms with van der Waals surface area (Å²) < 4.78 is 18.9. The number of morpholine rings is 1. The Balaban J connectivity index is 1.69. The molecule has 0 N–H and O–H groups in total. The minimum absolute atomic E-state index is 0.137. The second-order valence-electron chi connectivity index (χ2n) is 5.37. The average Bonchev–Trinajstić information content (AvgIpc) is 2.62. The number of anilines is 1. The van der Waals surface area contributed by atoms with Gasteiger partial charge in [0.1, 0.15) is 5.82 Å². The third-order valence-corrected chi connectivity index (χ3v) is 3.85. The standard InChI is InChI=1S/C19H18FNO2/c20-18-4-2-1-3-15(18)7-10-19(22)16-5-8-17(9-6-16)21-11-13-23-14-12-21/h1-10H,11-14H2. The van der Waals surface area contributed by atoms with Crippen LogP contribution < -0.4 is 4.90 Å². The molecular formula is C19H18FNO2. The van der Waals surface area contributed by atoms with Crippen molar-refractivity contribution in [2.75, 3.05) is 31.2 Å². The molecule has 0 spiro atoms. The fourth-order valence-electron chi connectivity index (χ4n) is 2.53. The first-order chi connectivity index (χ1) is 11.2. The molecule has 1 heterocycles. The van der Waals surface area contributed by atoms with Gasteiger partial charge in [0.25, 0.3) is 0 Å². The number of nitrogens with zero attached hydrogens (tertiary/aromatic N) is 1. The summed E-state index contributed by atoms with van der Waals surface area (Å²) >= 11 is 0. The van der Waals surface area contributed by atoms with E-state index in [1.807, 2.05) is 12.1 Å². The van der Waals surface area contributed by atoms with Crippen LogP contribution in [0.5, 0.6) is 0 Å². The highest BCUT2D eigenvalue weighted by atomic mass is 19.1. The maximum atomic E-state index is 13.5. The number of halogens is 1. The zero-order chi connectivity index (χ0) is 16.1. The van der Waals surface area contributed by atoms with E-state index in [4.69, 9.17) is 4.74 Å². The maximum Gasteiger partial charge on any atom is 0.185 e. The van der Waals surface area contributed by atoms with Crippen LogP contribution in [-0.4, -0.2) is 32.1 Å². The number of rotatable bonds is 4. The summed E-state index contributed by atoms with van der Waals surface area (Å²) in [5.74, 6) is -0.471. The van der Waals surface area contributed by atoms with Gasteiger partial charge in [-0.1, -0.05) is 18.2 Å². The molecule has 0 aliphatic carbocycles. The molecule has 1 fully saturated rings. The van der Waals surface area contributed by atoms with Gasteiger partial charge in [0.05, 0.1) is 13.2 Å². The molecule has 0 atom stereocenters. The largest absolute Gasteiger partial charge is 0.378 e. The molecule has 0 aromatic heterocycles. The number of carbonyl (C=O) groups excluding carboxylic acids is 1. The van der Waals surface area contributed by atoms with E-state index in [0.29, 0.717) is 11.1 Å². The Morgan fingerprint density at radius 1 is 1.04 bits per heavy atom. The Hall–Kier alpha value is -2.46. The van der Waals surface area contributed by atoms with Crippen LogP contribution in [0, 0.1) is 5.82 Å². The maximum absolute atomic E-state index is 13.5. The van der Waals surface area contributed by atoms with Crippen LogP contribution in [-0.2, 0) is 4.74 Å². The van der Waals surface area contributed by atoms with Crippen LogP contribution in [0.4, 0.5) is 10.1 Å². The second kappa shape index (κ2) is 7.20. The predicted octanol–water partition coefficient (Wildman–Crippen LogP) is 3.56. The molecule has 118 valence electrons. The van der Waals surface area contributed by atoms with Crippen molar-refractivity contribution < 1.29 is 13.9 Å². The number of hydrogen-bond donors (Lipinski definition) is 0. The zero-order valence-corrected chi connectivity index (χ0v) is 12.7. The summed E-state index contributed by atoms with van der Waals surface area (Å²) in [5, 5.41) is 0. The normalized spacial score (nSPS) is 15.1. The highest BCUT2D eigenvalue weighted by Crippen LogP contribution is 2.17. The third kappa shape index (κ3) is 3.85. The minimum Gasteiger partial charge on any atom is -0.378 e. The number of benzene rings is 2. The van der Waals surface area contributed by atoms with E-state index >= 15 is 0 Å². The zero-order valence-electron chi connectivity index (χ0n) is 12.7. The van der Waals surface area contributed by atoms with Gasteiger partial charge in [-0.15, -0.1) is 0 Å². The van der Waals surface area contributed by atoms with E-state index < -0.39 is 0 Å². The number of hydrogen-bond acceptors (Lipinski definition) is 3. The molecule has 2 aromatic carbocycles. The molecule has 0 saturated carbocycles. The molecule has 0 bridgehead atoms. The molecule has 2 aromatic rings. The number of carbonyl (C=O) groups is 1. The Bertz CT molecular complexity index is 704. The van der Waals surface area contributed by atoms with Gasteiger partial charge in [-0.25, -0.2) is 4.39 Å². The summed E-state index contributed by atoms with van der Waals surface area (Å²) in [6.07, 6.45) is 2.91. The lowest BCUT2D eigenvalue weighted by atomic mass is 10.1. The van der Waals surface area contributed by atoms with Gasteiger partial charge >= 0.3 is 0 Å². The van der Waals surface area contributed by atoms with Gasteiger partial charge in [0.15, 0.2) is 5.78 Å². The summed E-state index contributed by atoms with van der Waals surface area (Å²) in [6, 6.07) is 13.9. The quantitative estimate of drug-likeness (QED) is 0.639. The second-order valence-corrected chi connectivity index (χ2v) is 5.37. The lowest BCUT2D eigenvalue weighted by Crippen LogP contribution is -2.36. The Morgan fingerprint density at radius 3 is 2.43 bits per heavy atom. The van der Waals surface area contributed by atoms with Gasteiger partial charge in [-0.05, 0) is 42.5 Å². The third-order valence-electron chi connectivity index (χ3n) is 3.85. The monoisotopic (exact) mass is 311 g/mol. The minimum atomic E-state index is -0.334. The molecule has 23 heavy (non-hydrogen) atoms. The smallest absolute Gasteiger partial charge is 0.185 e. The molecule has 1 aliphatic heterocycles. The molecule has 3 rings (SSSR count). The first-order valence-corrected chi connectivity index (χ1v) is 7.64. The average molecular weight is 311 g/mol. The fourth-order valence-corrected chi connectivity index (χ4v) is 2.53. The van der Waals surface area contributed by atoms with Crippen molar-refractivity contribution in [3.8, 4) is 0 Å². The van der Waals surface area contributed by atoms with E-state index in [2.05, 4.69) is 4.90 Å². The molecule has 3 nitrogen and oxygen atoms in total. The van der Waals surface area contributed by atoms with Crippen molar-refractivity contribution in [2.24, 2.45) is 0 Å². The van der Waals surface area contributed by atoms with Crippen LogP contribution in [0.3, 0.4) is 0 Å². The van der Waals surface area contributed by atoms with Gasteiger partial charge < -0.3 is 9.64 Å². The van der Waals surface area contributed by atoms with Crippen LogP contribution >= 0.6 is 0 Å². The highest BCUT2D eigenvalue weighted by molar-refractivity contribution is 6.07. The van der Waals surface area contributed by atoms with E-state index in [0.717, 1.165) is 32.0 Å². The number of allylic oxidation sites excluding steroid dienone is 1. The van der Waals surface area contributed by atoms with Crippen molar-refractivity contribution in [1.82, 2.24) is 0 Å². The molecule has 4 heteroatoms. The van der Waals surface area contributed by atoms with Crippen LogP contribution in [0.15, 0.2) is 54.6 Å². The van der Waals surface area contributed by atoms with Gasteiger partial charge in [-0.3, -0.25) is 4.79 Å². The lowest BCUT2D eigenvalue weighted by Gasteiger charge is -2.28. The summed E-state index contributed by atoms with van der Waals surface area (Å²) in [4.78, 5) is 14.4. The predicted molar refractivity (Wildman–Crippen MR) is 89.2 cm³/mol. The van der Waals surface area contributed by atoms with Gasteiger partial charge in [0.2, 0.25) is 0 Å². The fraction of sp³-hybridized carbons (Fsp3) is 0.211. The summed E-state index contributed by atoms with van der Waals surface area (Å²) in [7, 11) is 0. The summed E-state index contributed by atoms with van der Waals surface area (Å²) in [6.45, 7) is 3.18. The van der Waals surface area contributed by atoms with Gasteiger partial charge in [0, 0.05) is 29.9 Å². The summed E-state index contributed by atoms with van der Waals surface area (Å²) in [5.41, 5.74) is 2.09. The van der Waals surface area contributed by atoms with Crippen molar-refractivity contribution in [3.05, 3.63) is 71.6 Å². The van der Waals surface area contributed by atoms with Crippen LogP contribution in [0.2, 0.25) is 0 Å². The van der Waals surface area contributed by atoms with Gasteiger partial charge in [-0.2, -0.15) is 0 Å². The molecule has 0 amide bonds. The SMILES string of the molecule is O=C(C=Cc1ccccc1F)c1ccc(N2CCOCC2)cc1. The molecular weight excluding hydrogens is 293 g/mol. The van der Waals surface area contributed by atoms with Crippen molar-refractivity contribution in [2.45, 2.75) is 0 Å². The van der Waals surface area contributed by atoms with Crippen molar-refractivity contribution >= 4 is 17.5 Å². The van der Waals surface area contributed by atoms with E-state index in [1.54, 1.807) is 30.3 Å². The topological polar surface area (TPSA) is 29.5 Å². The number of ketones is 1. The van der Waals surface area contributed by atoms with Crippen LogP contribution in [0.25, 0.3) is 6.08 Å². The first-order valence-electron chi connectivity index (χ1n) is 7.64. The molecule has 1 aliphatic rings. The Labute approximate surface area is 135 Å². The molecule has 0 radical (unpaired) electrons. The number of ether oxygens (including phenoxy) is 1. The molecule has 0 unspecified atom stereocenters. The van der Waals surface area contributed by atoms with E-state index in [9.17, 15) is 9.18 Å². The van der Waals surface area contributed by atoms with Crippen molar-refractivity contribution in [3.63, 3.8) is 0 Å². The van der Waals surface area contributed by atoms with E-state index in [1.165, 1.54) is 18.2 Å². The van der Waals surface area contributed by atoms with Crippen LogP contribution in [0.1, 0.15) is 15.9 Å². The lowest BCUT2D eigenvalue weighted by molar-refractivity contribution is 0.104. The van der Waals surface area contributed by atoms with E-state index in [-0.39, 0.29) is 11.6 Å². The highest BCUT2D eigenvalue weighted by Gasteiger charge is 2.11. The van der Waals surface area contributed by atoms with Crippen molar-refractivity contribution in [1.29, 1.82) is 0 Å².